The molecule has 0 aromatic heterocycles. The summed E-state index contributed by atoms with van der Waals surface area (Å²) in [7, 11) is -2.02. The van der Waals surface area contributed by atoms with Crippen molar-refractivity contribution < 1.29 is 9.90 Å². The van der Waals surface area contributed by atoms with Gasteiger partial charge in [-0.3, -0.25) is 0 Å². The largest absolute Gasteiger partial charge is 0.432 e. The lowest BCUT2D eigenvalue weighted by atomic mass is 9.71. The number of aliphatic hydroxyl groups excluding tert-OH is 1. The SMILES string of the molecule is CC(C)(CC1CC(CO)C1)[Si](C)(C)O. The molecule has 0 spiro atoms. The van der Waals surface area contributed by atoms with Crippen LogP contribution >= 0.6 is 0 Å². The fourth-order valence-corrected chi connectivity index (χ4v) is 2.95. The topological polar surface area (TPSA) is 40.5 Å². The van der Waals surface area contributed by atoms with Crippen molar-refractivity contribution in [2.24, 2.45) is 11.8 Å². The summed E-state index contributed by atoms with van der Waals surface area (Å²) in [5.74, 6) is 1.28. The molecule has 0 heterocycles. The first-order valence-corrected chi connectivity index (χ1v) is 8.54. The van der Waals surface area contributed by atoms with Crippen molar-refractivity contribution in [2.75, 3.05) is 6.61 Å². The van der Waals surface area contributed by atoms with Crippen LogP contribution in [0.4, 0.5) is 0 Å². The van der Waals surface area contributed by atoms with E-state index < -0.39 is 8.32 Å². The molecule has 2 nitrogen and oxygen atoms in total. The predicted molar refractivity (Wildman–Crippen MR) is 61.7 cm³/mol. The quantitative estimate of drug-likeness (QED) is 0.708. The summed E-state index contributed by atoms with van der Waals surface area (Å²) in [4.78, 5) is 10.1. The highest BCUT2D eigenvalue weighted by molar-refractivity contribution is 6.72. The summed E-state index contributed by atoms with van der Waals surface area (Å²) >= 11 is 0. The Morgan fingerprint density at radius 2 is 1.71 bits per heavy atom. The van der Waals surface area contributed by atoms with E-state index >= 15 is 0 Å². The second kappa shape index (κ2) is 3.95. The monoisotopic (exact) mass is 216 g/mol. The second-order valence-electron chi connectivity index (χ2n) is 6.03. The summed E-state index contributed by atoms with van der Waals surface area (Å²) in [5.41, 5.74) is 0. The van der Waals surface area contributed by atoms with Crippen LogP contribution in [0.1, 0.15) is 33.1 Å². The number of hydrogen-bond donors (Lipinski definition) is 2. The van der Waals surface area contributed by atoms with Gasteiger partial charge in [-0.05, 0) is 49.2 Å². The molecule has 84 valence electrons. The molecule has 0 saturated heterocycles. The van der Waals surface area contributed by atoms with Gasteiger partial charge in [-0.1, -0.05) is 13.8 Å². The van der Waals surface area contributed by atoms with Crippen LogP contribution in [0.3, 0.4) is 0 Å². The van der Waals surface area contributed by atoms with Gasteiger partial charge in [-0.2, -0.15) is 0 Å². The minimum absolute atomic E-state index is 0.109. The smallest absolute Gasteiger partial charge is 0.188 e. The molecule has 3 heteroatoms. The van der Waals surface area contributed by atoms with Gasteiger partial charge in [0.2, 0.25) is 0 Å². The Hall–Kier alpha value is 0.137. The summed E-state index contributed by atoms with van der Waals surface area (Å²) in [6, 6.07) is 0. The van der Waals surface area contributed by atoms with Gasteiger partial charge in [0.05, 0.1) is 0 Å². The van der Waals surface area contributed by atoms with Crippen molar-refractivity contribution in [3.05, 3.63) is 0 Å². The Balaban J connectivity index is 2.38. The van der Waals surface area contributed by atoms with Crippen LogP contribution in [-0.4, -0.2) is 24.8 Å². The van der Waals surface area contributed by atoms with Crippen LogP contribution in [0, 0.1) is 11.8 Å². The van der Waals surface area contributed by atoms with E-state index in [4.69, 9.17) is 5.11 Å². The van der Waals surface area contributed by atoms with Crippen LogP contribution in [0.2, 0.25) is 18.1 Å². The number of rotatable bonds is 4. The highest BCUT2D eigenvalue weighted by atomic mass is 28.4. The summed E-state index contributed by atoms with van der Waals surface area (Å²) in [6.45, 7) is 8.76. The van der Waals surface area contributed by atoms with Crippen molar-refractivity contribution >= 4 is 8.32 Å². The molecule has 14 heavy (non-hydrogen) atoms. The highest BCUT2D eigenvalue weighted by Crippen LogP contribution is 2.48. The molecule has 1 saturated carbocycles. The molecule has 0 atom stereocenters. The second-order valence-corrected chi connectivity index (χ2v) is 10.5. The first-order valence-electron chi connectivity index (χ1n) is 5.59. The molecule has 1 aliphatic rings. The summed E-state index contributed by atoms with van der Waals surface area (Å²) in [6.07, 6.45) is 3.44. The zero-order valence-electron chi connectivity index (χ0n) is 9.88. The van der Waals surface area contributed by atoms with Gasteiger partial charge in [-0.15, -0.1) is 0 Å². The maximum Gasteiger partial charge on any atom is 0.188 e. The average molecular weight is 216 g/mol. The van der Waals surface area contributed by atoms with Gasteiger partial charge in [-0.25, -0.2) is 0 Å². The third-order valence-corrected chi connectivity index (χ3v) is 7.56. The first kappa shape index (κ1) is 12.2. The summed E-state index contributed by atoms with van der Waals surface area (Å²) < 4.78 is 0. The Morgan fingerprint density at radius 1 is 1.21 bits per heavy atom. The Kier molecular flexibility index (Phi) is 3.44. The highest BCUT2D eigenvalue weighted by Gasteiger charge is 2.42. The molecule has 0 radical (unpaired) electrons. The van der Waals surface area contributed by atoms with Crippen LogP contribution in [0.5, 0.6) is 0 Å². The van der Waals surface area contributed by atoms with Crippen LogP contribution in [0.25, 0.3) is 0 Å². The van der Waals surface area contributed by atoms with Crippen LogP contribution in [0.15, 0.2) is 0 Å². The number of hydrogen-bond acceptors (Lipinski definition) is 2. The van der Waals surface area contributed by atoms with Crippen LogP contribution < -0.4 is 0 Å². The molecule has 1 rings (SSSR count). The minimum atomic E-state index is -2.02. The molecule has 1 fully saturated rings. The average Bonchev–Trinajstić information content (AvgIpc) is 1.93. The molecule has 0 aliphatic heterocycles. The van der Waals surface area contributed by atoms with E-state index in [1.165, 1.54) is 0 Å². The normalized spacial score (nSPS) is 28.7. The minimum Gasteiger partial charge on any atom is -0.432 e. The van der Waals surface area contributed by atoms with E-state index in [0.29, 0.717) is 12.5 Å². The molecule has 0 bridgehead atoms. The molecule has 0 aromatic rings. The van der Waals surface area contributed by atoms with Crippen molar-refractivity contribution in [3.63, 3.8) is 0 Å². The van der Waals surface area contributed by atoms with E-state index in [1.807, 2.05) is 13.1 Å². The lowest BCUT2D eigenvalue weighted by molar-refractivity contribution is 0.0939. The maximum absolute atomic E-state index is 10.1. The van der Waals surface area contributed by atoms with Gasteiger partial charge in [0, 0.05) is 6.61 Å². The van der Waals surface area contributed by atoms with Crippen molar-refractivity contribution in [3.8, 4) is 0 Å². The van der Waals surface area contributed by atoms with E-state index in [0.717, 1.165) is 25.2 Å². The van der Waals surface area contributed by atoms with Gasteiger partial charge in [0.25, 0.3) is 0 Å². The van der Waals surface area contributed by atoms with Gasteiger partial charge in [0.1, 0.15) is 0 Å². The third-order valence-electron chi connectivity index (χ3n) is 4.05. The zero-order chi connectivity index (χ0) is 11.0. The Morgan fingerprint density at radius 3 is 2.07 bits per heavy atom. The molecular weight excluding hydrogens is 192 g/mol. The third kappa shape index (κ3) is 2.58. The van der Waals surface area contributed by atoms with E-state index in [-0.39, 0.29) is 5.04 Å². The van der Waals surface area contributed by atoms with E-state index in [1.54, 1.807) is 0 Å². The molecule has 2 N–H and O–H groups in total. The lowest BCUT2D eigenvalue weighted by Gasteiger charge is -2.43. The van der Waals surface area contributed by atoms with Crippen molar-refractivity contribution in [1.29, 1.82) is 0 Å². The molecular formula is C11H24O2Si. The Bertz CT molecular complexity index is 190. The van der Waals surface area contributed by atoms with Gasteiger partial charge in [0.15, 0.2) is 8.32 Å². The van der Waals surface area contributed by atoms with Gasteiger partial charge < -0.3 is 9.90 Å². The standard InChI is InChI=1S/C11H24O2Si/c1-11(2,14(3,4)13)7-9-5-10(6-9)8-12/h9-10,12-13H,5-8H2,1-4H3. The molecule has 0 amide bonds. The number of aliphatic hydroxyl groups is 1. The fourth-order valence-electron chi connectivity index (χ4n) is 2.16. The van der Waals surface area contributed by atoms with Crippen LogP contribution in [-0.2, 0) is 0 Å². The molecule has 1 aliphatic carbocycles. The Labute approximate surface area is 88.5 Å². The summed E-state index contributed by atoms with van der Waals surface area (Å²) in [5, 5.41) is 9.03. The first-order chi connectivity index (χ1) is 6.26. The van der Waals surface area contributed by atoms with Crippen molar-refractivity contribution in [2.45, 2.75) is 51.2 Å². The molecule has 0 aromatic carbocycles. The maximum atomic E-state index is 10.1. The van der Waals surface area contributed by atoms with E-state index in [2.05, 4.69) is 13.8 Å². The van der Waals surface area contributed by atoms with E-state index in [9.17, 15) is 4.80 Å². The van der Waals surface area contributed by atoms with Crippen molar-refractivity contribution in [1.82, 2.24) is 0 Å². The predicted octanol–water partition coefficient (Wildman–Crippen LogP) is 2.37. The zero-order valence-corrected chi connectivity index (χ0v) is 10.9. The fraction of sp³-hybridized carbons (Fsp3) is 1.00. The molecule has 0 unspecified atom stereocenters. The van der Waals surface area contributed by atoms with Gasteiger partial charge >= 0.3 is 0 Å². The lowest BCUT2D eigenvalue weighted by Crippen LogP contribution is -2.42.